The van der Waals surface area contributed by atoms with Gasteiger partial charge in [0, 0.05) is 27.1 Å². The largest absolute Gasteiger partial charge is 0.355 e. The number of nitrogens with one attached hydrogen (secondary N) is 2. The summed E-state index contributed by atoms with van der Waals surface area (Å²) in [5.74, 6) is -0.419. The van der Waals surface area contributed by atoms with Gasteiger partial charge in [0.05, 0.1) is 6.20 Å². The molecule has 0 fully saturated rings. The Bertz CT molecular complexity index is 360. The smallest absolute Gasteiger partial charge is 0.273 e. The van der Waals surface area contributed by atoms with E-state index in [9.17, 15) is 9.59 Å². The minimum Gasteiger partial charge on any atom is -0.355 e. The predicted octanol–water partition coefficient (Wildman–Crippen LogP) is -1.32. The molecule has 0 atom stereocenters. The molecule has 0 saturated heterocycles. The van der Waals surface area contributed by atoms with Crippen LogP contribution in [0.2, 0.25) is 0 Å². The summed E-state index contributed by atoms with van der Waals surface area (Å²) in [6.07, 6.45) is 1.52. The average Bonchev–Trinajstić information content (AvgIpc) is 2.59. The Kier molecular flexibility index (Phi) is 3.78. The van der Waals surface area contributed by atoms with Crippen LogP contribution in [0.5, 0.6) is 0 Å². The molecule has 82 valence electrons. The average molecular weight is 211 g/mol. The van der Waals surface area contributed by atoms with Crippen molar-refractivity contribution in [3.63, 3.8) is 0 Å². The standard InChI is InChI=1S/C8H13N5O2/c1-6(14)9-3-4-10-8(15)7-5-13(2)12-11-7/h5H,3-4H2,1-2H3,(H,9,14)(H,10,15). The van der Waals surface area contributed by atoms with Gasteiger partial charge in [-0.1, -0.05) is 5.21 Å². The number of rotatable bonds is 4. The predicted molar refractivity (Wildman–Crippen MR) is 52.0 cm³/mol. The number of hydrogen-bond acceptors (Lipinski definition) is 4. The molecule has 7 heteroatoms. The van der Waals surface area contributed by atoms with Gasteiger partial charge in [0.25, 0.3) is 5.91 Å². The molecule has 0 saturated carbocycles. The lowest BCUT2D eigenvalue weighted by Crippen LogP contribution is -2.33. The van der Waals surface area contributed by atoms with Crippen molar-refractivity contribution in [2.75, 3.05) is 13.1 Å². The van der Waals surface area contributed by atoms with E-state index in [0.717, 1.165) is 0 Å². The topological polar surface area (TPSA) is 88.9 Å². The zero-order valence-electron chi connectivity index (χ0n) is 8.65. The number of hydrogen-bond donors (Lipinski definition) is 2. The van der Waals surface area contributed by atoms with Crippen molar-refractivity contribution in [3.05, 3.63) is 11.9 Å². The van der Waals surface area contributed by atoms with E-state index in [1.54, 1.807) is 7.05 Å². The van der Waals surface area contributed by atoms with E-state index in [0.29, 0.717) is 13.1 Å². The summed E-state index contributed by atoms with van der Waals surface area (Å²) in [6, 6.07) is 0. The number of carbonyl (C=O) groups excluding carboxylic acids is 2. The molecule has 2 amide bonds. The van der Waals surface area contributed by atoms with Gasteiger partial charge in [-0.3, -0.25) is 14.3 Å². The summed E-state index contributed by atoms with van der Waals surface area (Å²) >= 11 is 0. The highest BCUT2D eigenvalue weighted by Gasteiger charge is 2.08. The molecule has 15 heavy (non-hydrogen) atoms. The Morgan fingerprint density at radius 3 is 2.60 bits per heavy atom. The van der Waals surface area contributed by atoms with Gasteiger partial charge in [0.15, 0.2) is 5.69 Å². The molecule has 0 spiro atoms. The van der Waals surface area contributed by atoms with E-state index in [4.69, 9.17) is 0 Å². The molecule has 0 aliphatic carbocycles. The van der Waals surface area contributed by atoms with E-state index in [1.807, 2.05) is 0 Å². The van der Waals surface area contributed by atoms with E-state index in [-0.39, 0.29) is 17.5 Å². The minimum atomic E-state index is -0.298. The molecule has 1 aromatic rings. The fourth-order valence-electron chi connectivity index (χ4n) is 0.956. The van der Waals surface area contributed by atoms with Crippen LogP contribution >= 0.6 is 0 Å². The summed E-state index contributed by atoms with van der Waals surface area (Å²) in [5.41, 5.74) is 0.264. The summed E-state index contributed by atoms with van der Waals surface area (Å²) < 4.78 is 1.45. The lowest BCUT2D eigenvalue weighted by molar-refractivity contribution is -0.118. The summed E-state index contributed by atoms with van der Waals surface area (Å²) in [6.45, 7) is 2.20. The van der Waals surface area contributed by atoms with Crippen molar-refractivity contribution >= 4 is 11.8 Å². The van der Waals surface area contributed by atoms with E-state index < -0.39 is 0 Å². The molecule has 7 nitrogen and oxygen atoms in total. The van der Waals surface area contributed by atoms with Crippen LogP contribution < -0.4 is 10.6 Å². The van der Waals surface area contributed by atoms with Gasteiger partial charge in [-0.05, 0) is 0 Å². The van der Waals surface area contributed by atoms with Crippen LogP contribution in [0.15, 0.2) is 6.20 Å². The third-order valence-corrected chi connectivity index (χ3v) is 1.62. The van der Waals surface area contributed by atoms with Crippen molar-refractivity contribution in [3.8, 4) is 0 Å². The normalized spacial score (nSPS) is 9.73. The Morgan fingerprint density at radius 2 is 2.07 bits per heavy atom. The van der Waals surface area contributed by atoms with Crippen LogP contribution in [0.3, 0.4) is 0 Å². The molecular formula is C8H13N5O2. The highest BCUT2D eigenvalue weighted by atomic mass is 16.2. The summed E-state index contributed by atoms with van der Waals surface area (Å²) in [4.78, 5) is 21.9. The fraction of sp³-hybridized carbons (Fsp3) is 0.500. The van der Waals surface area contributed by atoms with Crippen LogP contribution in [-0.2, 0) is 11.8 Å². The lowest BCUT2D eigenvalue weighted by atomic mass is 10.4. The van der Waals surface area contributed by atoms with Crippen LogP contribution in [0, 0.1) is 0 Å². The number of nitrogens with zero attached hydrogens (tertiary/aromatic N) is 3. The van der Waals surface area contributed by atoms with E-state index >= 15 is 0 Å². The second-order valence-electron chi connectivity index (χ2n) is 3.02. The Labute approximate surface area is 86.8 Å². The number of carbonyl (C=O) groups is 2. The molecule has 1 rings (SSSR count). The van der Waals surface area contributed by atoms with Gasteiger partial charge >= 0.3 is 0 Å². The molecular weight excluding hydrogens is 198 g/mol. The van der Waals surface area contributed by atoms with Gasteiger partial charge in [-0.15, -0.1) is 5.10 Å². The summed E-state index contributed by atoms with van der Waals surface area (Å²) in [5, 5.41) is 12.4. The molecule has 0 aliphatic rings. The molecule has 0 bridgehead atoms. The second-order valence-corrected chi connectivity index (χ2v) is 3.02. The molecule has 0 aromatic carbocycles. The van der Waals surface area contributed by atoms with Crippen molar-refractivity contribution in [1.29, 1.82) is 0 Å². The van der Waals surface area contributed by atoms with Crippen molar-refractivity contribution < 1.29 is 9.59 Å². The number of aryl methyl sites for hydroxylation is 1. The maximum Gasteiger partial charge on any atom is 0.273 e. The first-order valence-corrected chi connectivity index (χ1v) is 4.48. The lowest BCUT2D eigenvalue weighted by Gasteiger charge is -2.02. The molecule has 0 radical (unpaired) electrons. The first-order valence-electron chi connectivity index (χ1n) is 4.48. The van der Waals surface area contributed by atoms with Gasteiger partial charge < -0.3 is 10.6 Å². The Balaban J connectivity index is 2.28. The minimum absolute atomic E-state index is 0.122. The molecule has 1 aromatic heterocycles. The van der Waals surface area contributed by atoms with E-state index in [2.05, 4.69) is 20.9 Å². The highest BCUT2D eigenvalue weighted by Crippen LogP contribution is 1.89. The Morgan fingerprint density at radius 1 is 1.40 bits per heavy atom. The van der Waals surface area contributed by atoms with Crippen LogP contribution in [0.1, 0.15) is 17.4 Å². The molecule has 2 N–H and O–H groups in total. The second kappa shape index (κ2) is 5.08. The van der Waals surface area contributed by atoms with E-state index in [1.165, 1.54) is 17.8 Å². The molecule has 0 unspecified atom stereocenters. The first kappa shape index (κ1) is 11.2. The quantitative estimate of drug-likeness (QED) is 0.604. The third kappa shape index (κ3) is 3.75. The molecule has 1 heterocycles. The van der Waals surface area contributed by atoms with Gasteiger partial charge in [0.1, 0.15) is 0 Å². The monoisotopic (exact) mass is 211 g/mol. The first-order chi connectivity index (χ1) is 7.09. The van der Waals surface area contributed by atoms with Crippen molar-refractivity contribution in [2.45, 2.75) is 6.92 Å². The third-order valence-electron chi connectivity index (χ3n) is 1.62. The van der Waals surface area contributed by atoms with Crippen molar-refractivity contribution in [2.24, 2.45) is 7.05 Å². The molecule has 0 aliphatic heterocycles. The zero-order chi connectivity index (χ0) is 11.3. The Hall–Kier alpha value is -1.92. The van der Waals surface area contributed by atoms with Gasteiger partial charge in [-0.25, -0.2) is 0 Å². The summed E-state index contributed by atoms with van der Waals surface area (Å²) in [7, 11) is 1.68. The number of aromatic nitrogens is 3. The number of amides is 2. The maximum absolute atomic E-state index is 11.4. The SMILES string of the molecule is CC(=O)NCCNC(=O)c1cn(C)nn1. The zero-order valence-corrected chi connectivity index (χ0v) is 8.65. The van der Waals surface area contributed by atoms with Gasteiger partial charge in [-0.2, -0.15) is 0 Å². The highest BCUT2D eigenvalue weighted by molar-refractivity contribution is 5.91. The van der Waals surface area contributed by atoms with Gasteiger partial charge in [0.2, 0.25) is 5.91 Å². The van der Waals surface area contributed by atoms with Crippen molar-refractivity contribution in [1.82, 2.24) is 25.6 Å². The maximum atomic E-state index is 11.4. The van der Waals surface area contributed by atoms with Crippen LogP contribution in [-0.4, -0.2) is 39.9 Å². The van der Waals surface area contributed by atoms with Crippen LogP contribution in [0.4, 0.5) is 0 Å². The fourth-order valence-corrected chi connectivity index (χ4v) is 0.956. The van der Waals surface area contributed by atoms with Crippen LogP contribution in [0.25, 0.3) is 0 Å².